The molecule has 6 heteroatoms. The number of hydrogen-bond donors (Lipinski definition) is 1. The van der Waals surface area contributed by atoms with Gasteiger partial charge in [-0.25, -0.2) is 9.78 Å². The number of ether oxygens (including phenoxy) is 1. The number of benzene rings is 2. The number of allylic oxidation sites excluding steroid dienone is 1. The minimum Gasteiger partial charge on any atom is -0.463 e. The van der Waals surface area contributed by atoms with Crippen molar-refractivity contribution in [3.63, 3.8) is 0 Å². The van der Waals surface area contributed by atoms with E-state index in [-0.39, 0.29) is 11.9 Å². The second-order valence-electron chi connectivity index (χ2n) is 9.26. The predicted molar refractivity (Wildman–Crippen MR) is 152 cm³/mol. The summed E-state index contributed by atoms with van der Waals surface area (Å²) in [6.07, 6.45) is 17.1. The van der Waals surface area contributed by atoms with E-state index in [9.17, 15) is 9.59 Å². The van der Waals surface area contributed by atoms with Crippen LogP contribution in [0.1, 0.15) is 55.8 Å². The lowest BCUT2D eigenvalue weighted by Gasteiger charge is -2.14. The van der Waals surface area contributed by atoms with Crippen molar-refractivity contribution in [3.05, 3.63) is 108 Å². The Balaban J connectivity index is 1.46. The first-order valence-corrected chi connectivity index (χ1v) is 13.5. The molecule has 200 valence electrons. The lowest BCUT2D eigenvalue weighted by molar-refractivity contribution is -0.137. The molecule has 0 radical (unpaired) electrons. The predicted octanol–water partition coefficient (Wildman–Crippen LogP) is 5.94. The molecular weight excluding hydrogens is 474 g/mol. The standard InChI is InChI=1S/C32H39N3O3/c1-2-38-32(37)22-21-29(34-31(36)20-12-4-3-7-14-27-15-8-5-9-16-27)24-30-25-35(26-33-30)23-13-19-28-17-10-6-11-18-28/h5-6,8-11,13,15-19,21-22,25-26,29H,2-4,7,12,14,20,23-24H2,1H3,(H,34,36)/b19-13+,22-21+. The third-order valence-corrected chi connectivity index (χ3v) is 6.10. The number of carbonyl (C=O) groups is 2. The molecule has 0 saturated carbocycles. The molecular formula is C32H39N3O3. The quantitative estimate of drug-likeness (QED) is 0.146. The first-order valence-electron chi connectivity index (χ1n) is 13.5. The molecule has 0 saturated heterocycles. The molecule has 1 N–H and O–H groups in total. The minimum absolute atomic E-state index is 0.0169. The second-order valence-corrected chi connectivity index (χ2v) is 9.26. The molecule has 6 nitrogen and oxygen atoms in total. The van der Waals surface area contributed by atoms with E-state index in [1.807, 2.05) is 35.0 Å². The van der Waals surface area contributed by atoms with E-state index in [1.54, 1.807) is 19.3 Å². The van der Waals surface area contributed by atoms with Gasteiger partial charge in [0.1, 0.15) is 0 Å². The van der Waals surface area contributed by atoms with Crippen molar-refractivity contribution in [2.24, 2.45) is 0 Å². The van der Waals surface area contributed by atoms with Gasteiger partial charge in [0.05, 0.1) is 24.7 Å². The highest BCUT2D eigenvalue weighted by Gasteiger charge is 2.13. The number of carbonyl (C=O) groups excluding carboxylic acids is 2. The molecule has 1 unspecified atom stereocenters. The van der Waals surface area contributed by atoms with Gasteiger partial charge in [-0.2, -0.15) is 0 Å². The highest BCUT2D eigenvalue weighted by atomic mass is 16.5. The summed E-state index contributed by atoms with van der Waals surface area (Å²) in [7, 11) is 0. The van der Waals surface area contributed by atoms with E-state index in [1.165, 1.54) is 11.6 Å². The molecule has 0 aliphatic rings. The first kappa shape index (κ1) is 28.6. The van der Waals surface area contributed by atoms with Gasteiger partial charge in [-0.05, 0) is 37.3 Å². The first-order chi connectivity index (χ1) is 18.6. The van der Waals surface area contributed by atoms with Crippen LogP contribution in [0.2, 0.25) is 0 Å². The van der Waals surface area contributed by atoms with Gasteiger partial charge in [0, 0.05) is 31.7 Å². The van der Waals surface area contributed by atoms with Crippen LogP contribution in [-0.2, 0) is 33.7 Å². The molecule has 2 aromatic carbocycles. The Labute approximate surface area is 226 Å². The van der Waals surface area contributed by atoms with Crippen molar-refractivity contribution in [1.29, 1.82) is 0 Å². The number of nitrogens with one attached hydrogen (secondary N) is 1. The highest BCUT2D eigenvalue weighted by Crippen LogP contribution is 2.10. The molecule has 0 fully saturated rings. The molecule has 38 heavy (non-hydrogen) atoms. The summed E-state index contributed by atoms with van der Waals surface area (Å²) in [6.45, 7) is 2.77. The molecule has 1 atom stereocenters. The van der Waals surface area contributed by atoms with Crippen LogP contribution in [0.5, 0.6) is 0 Å². The zero-order chi connectivity index (χ0) is 26.8. The zero-order valence-corrected chi connectivity index (χ0v) is 22.3. The van der Waals surface area contributed by atoms with Crippen molar-refractivity contribution in [3.8, 4) is 0 Å². The molecule has 0 aliphatic heterocycles. The summed E-state index contributed by atoms with van der Waals surface area (Å²) in [5.74, 6) is -0.432. The molecule has 1 heterocycles. The maximum absolute atomic E-state index is 12.7. The molecule has 1 aromatic heterocycles. The van der Waals surface area contributed by atoms with Crippen LogP contribution in [0.3, 0.4) is 0 Å². The largest absolute Gasteiger partial charge is 0.463 e. The number of aromatic nitrogens is 2. The molecule has 3 aromatic rings. The number of unbranched alkanes of at least 4 members (excludes halogenated alkanes) is 3. The van der Waals surface area contributed by atoms with E-state index < -0.39 is 5.97 Å². The SMILES string of the molecule is CCOC(=O)/C=C/C(Cc1cn(C/C=C/c2ccccc2)cn1)NC(=O)CCCCCCc1ccccc1. The van der Waals surface area contributed by atoms with Crippen molar-refractivity contribution in [2.45, 2.75) is 64.5 Å². The second kappa shape index (κ2) is 16.7. The summed E-state index contributed by atoms with van der Waals surface area (Å²) >= 11 is 0. The van der Waals surface area contributed by atoms with Gasteiger partial charge in [-0.3, -0.25) is 4.79 Å². The molecule has 3 rings (SSSR count). The van der Waals surface area contributed by atoms with E-state index in [4.69, 9.17) is 4.74 Å². The smallest absolute Gasteiger partial charge is 0.330 e. The van der Waals surface area contributed by atoms with Gasteiger partial charge in [0.2, 0.25) is 5.91 Å². The third-order valence-electron chi connectivity index (χ3n) is 6.10. The lowest BCUT2D eigenvalue weighted by atomic mass is 10.1. The Hall–Kier alpha value is -3.93. The van der Waals surface area contributed by atoms with Crippen LogP contribution in [0.4, 0.5) is 0 Å². The summed E-state index contributed by atoms with van der Waals surface area (Å²) in [5.41, 5.74) is 3.35. The molecule has 1 amide bonds. The number of nitrogens with zero attached hydrogens (tertiary/aromatic N) is 2. The number of amides is 1. The average molecular weight is 514 g/mol. The van der Waals surface area contributed by atoms with Crippen molar-refractivity contribution >= 4 is 18.0 Å². The topological polar surface area (TPSA) is 73.2 Å². The number of rotatable bonds is 16. The van der Waals surface area contributed by atoms with Crippen LogP contribution in [0.25, 0.3) is 6.08 Å². The Kier molecular flexibility index (Phi) is 12.6. The summed E-state index contributed by atoms with van der Waals surface area (Å²) in [6, 6.07) is 20.3. The van der Waals surface area contributed by atoms with Gasteiger partial charge in [0.15, 0.2) is 0 Å². The van der Waals surface area contributed by atoms with Crippen LogP contribution in [0, 0.1) is 0 Å². The Morgan fingerprint density at radius 3 is 2.50 bits per heavy atom. The van der Waals surface area contributed by atoms with Crippen LogP contribution >= 0.6 is 0 Å². The number of imidazole rings is 1. The average Bonchev–Trinajstić information content (AvgIpc) is 3.37. The van der Waals surface area contributed by atoms with Crippen molar-refractivity contribution in [1.82, 2.24) is 14.9 Å². The number of aryl methyl sites for hydroxylation is 1. The Morgan fingerprint density at radius 1 is 1.00 bits per heavy atom. The van der Waals surface area contributed by atoms with Crippen LogP contribution in [-0.4, -0.2) is 34.1 Å². The maximum Gasteiger partial charge on any atom is 0.330 e. The van der Waals surface area contributed by atoms with E-state index in [0.717, 1.165) is 43.4 Å². The van der Waals surface area contributed by atoms with E-state index in [2.05, 4.69) is 58.9 Å². The maximum atomic E-state index is 12.7. The van der Waals surface area contributed by atoms with Gasteiger partial charge < -0.3 is 14.6 Å². The number of esters is 1. The van der Waals surface area contributed by atoms with Gasteiger partial charge in [-0.15, -0.1) is 0 Å². The van der Waals surface area contributed by atoms with E-state index >= 15 is 0 Å². The lowest BCUT2D eigenvalue weighted by Crippen LogP contribution is -2.35. The zero-order valence-electron chi connectivity index (χ0n) is 22.3. The third kappa shape index (κ3) is 11.4. The Morgan fingerprint density at radius 2 is 1.74 bits per heavy atom. The number of hydrogen-bond acceptors (Lipinski definition) is 4. The van der Waals surface area contributed by atoms with Gasteiger partial charge in [-0.1, -0.05) is 91.7 Å². The summed E-state index contributed by atoms with van der Waals surface area (Å²) in [5, 5.41) is 3.06. The summed E-state index contributed by atoms with van der Waals surface area (Å²) in [4.78, 5) is 29.0. The van der Waals surface area contributed by atoms with E-state index in [0.29, 0.717) is 26.0 Å². The monoisotopic (exact) mass is 513 g/mol. The van der Waals surface area contributed by atoms with Crippen molar-refractivity contribution in [2.75, 3.05) is 6.61 Å². The van der Waals surface area contributed by atoms with Gasteiger partial charge >= 0.3 is 5.97 Å². The normalized spacial score (nSPS) is 12.1. The fourth-order valence-corrected chi connectivity index (χ4v) is 4.16. The molecule has 0 bridgehead atoms. The minimum atomic E-state index is -0.415. The molecule has 0 aliphatic carbocycles. The highest BCUT2D eigenvalue weighted by molar-refractivity contribution is 5.82. The molecule has 0 spiro atoms. The van der Waals surface area contributed by atoms with Crippen molar-refractivity contribution < 1.29 is 14.3 Å². The summed E-state index contributed by atoms with van der Waals surface area (Å²) < 4.78 is 7.00. The fraction of sp³-hybridized carbons (Fsp3) is 0.344. The van der Waals surface area contributed by atoms with Gasteiger partial charge in [0.25, 0.3) is 0 Å². The Bertz CT molecular complexity index is 1150. The van der Waals surface area contributed by atoms with Crippen LogP contribution < -0.4 is 5.32 Å². The fourth-order valence-electron chi connectivity index (χ4n) is 4.16. The van der Waals surface area contributed by atoms with Crippen LogP contribution in [0.15, 0.2) is 91.4 Å².